The predicted molar refractivity (Wildman–Crippen MR) is 116 cm³/mol. The Hall–Kier alpha value is -3.30. The van der Waals surface area contributed by atoms with Crippen LogP contribution in [-0.2, 0) is 0 Å². The summed E-state index contributed by atoms with van der Waals surface area (Å²) >= 11 is 4.75. The highest BCUT2D eigenvalue weighted by atomic mass is 35.5. The van der Waals surface area contributed by atoms with E-state index in [1.807, 2.05) is 6.07 Å². The highest BCUT2D eigenvalue weighted by Crippen LogP contribution is 2.33. The number of halogens is 3. The van der Waals surface area contributed by atoms with Gasteiger partial charge in [-0.1, -0.05) is 0 Å². The Labute approximate surface area is 187 Å². The first-order valence-corrected chi connectivity index (χ1v) is 10.2. The summed E-state index contributed by atoms with van der Waals surface area (Å²) in [6.07, 6.45) is 5.01. The zero-order valence-corrected chi connectivity index (χ0v) is 17.5. The van der Waals surface area contributed by atoms with Crippen LogP contribution in [0.3, 0.4) is 0 Å². The summed E-state index contributed by atoms with van der Waals surface area (Å²) < 4.78 is 29.7. The molecule has 1 amide bonds. The Bertz CT molecular complexity index is 1090. The molecule has 0 aliphatic carbocycles. The zero-order chi connectivity index (χ0) is 22.7. The molecule has 0 radical (unpaired) electrons. The number of hydrogen-bond donors (Lipinski definition) is 2. The van der Waals surface area contributed by atoms with E-state index in [0.717, 1.165) is 16.8 Å². The Morgan fingerprint density at radius 2 is 1.91 bits per heavy atom. The van der Waals surface area contributed by atoms with Crippen LogP contribution in [0.2, 0.25) is 0 Å². The topological polar surface area (TPSA) is 87.6 Å². The molecule has 0 spiro atoms. The predicted octanol–water partition coefficient (Wildman–Crippen LogP) is 4.13. The summed E-state index contributed by atoms with van der Waals surface area (Å²) in [7, 11) is 0. The van der Waals surface area contributed by atoms with Crippen LogP contribution < -0.4 is 15.0 Å². The van der Waals surface area contributed by atoms with Gasteiger partial charge in [0.05, 0.1) is 6.10 Å². The van der Waals surface area contributed by atoms with E-state index in [4.69, 9.17) is 11.6 Å². The number of anilines is 2. The number of rotatable bonds is 6. The lowest BCUT2D eigenvalue weighted by molar-refractivity contribution is -0.0964. The number of amides is 1. The van der Waals surface area contributed by atoms with Crippen LogP contribution in [0.25, 0.3) is 11.1 Å². The van der Waals surface area contributed by atoms with Gasteiger partial charge in [0.15, 0.2) is 0 Å². The summed E-state index contributed by atoms with van der Waals surface area (Å²) in [5.41, 5.74) is -0.648. The minimum absolute atomic E-state index is 0.133. The van der Waals surface area contributed by atoms with Crippen LogP contribution in [0.5, 0.6) is 5.75 Å². The first-order valence-electron chi connectivity index (χ1n) is 9.78. The van der Waals surface area contributed by atoms with Crippen molar-refractivity contribution in [3.8, 4) is 16.9 Å². The molecule has 4 rings (SSSR count). The van der Waals surface area contributed by atoms with Gasteiger partial charge >= 0.3 is 5.57 Å². The number of aromatic nitrogens is 2. The minimum Gasteiger partial charge on any atom is -0.420 e. The van der Waals surface area contributed by atoms with Gasteiger partial charge in [0.1, 0.15) is 12.1 Å². The number of β-amino-alcohol motifs (C(OH)–C–C–N with tert-alkyl or cyclic N) is 1. The first kappa shape index (κ1) is 21.9. The number of carbonyl (C=O) groups is 1. The zero-order valence-electron chi connectivity index (χ0n) is 16.7. The molecule has 1 saturated heterocycles. The number of nitrogens with one attached hydrogen (secondary N) is 1. The van der Waals surface area contributed by atoms with E-state index in [1.54, 1.807) is 24.5 Å². The van der Waals surface area contributed by atoms with Gasteiger partial charge in [-0.05, 0) is 48.9 Å². The van der Waals surface area contributed by atoms with Gasteiger partial charge in [0.25, 0.3) is 5.91 Å². The van der Waals surface area contributed by atoms with E-state index in [1.165, 1.54) is 30.6 Å². The maximum Gasteiger partial charge on any atom is 0.487 e. The molecule has 3 aromatic rings. The highest BCUT2D eigenvalue weighted by Gasteiger charge is 2.27. The van der Waals surface area contributed by atoms with Crippen molar-refractivity contribution in [1.29, 1.82) is 0 Å². The average molecular weight is 461 g/mol. The van der Waals surface area contributed by atoms with E-state index < -0.39 is 11.7 Å². The van der Waals surface area contributed by atoms with E-state index in [2.05, 4.69) is 24.9 Å². The van der Waals surface area contributed by atoms with Gasteiger partial charge in [-0.2, -0.15) is 0 Å². The van der Waals surface area contributed by atoms with Gasteiger partial charge in [-0.15, -0.1) is 8.78 Å². The molecular formula is C22H19ClF2N4O3. The van der Waals surface area contributed by atoms with Crippen LogP contribution in [0.15, 0.2) is 61.2 Å². The van der Waals surface area contributed by atoms with Gasteiger partial charge in [0.2, 0.25) is 0 Å². The molecule has 7 nitrogen and oxygen atoms in total. The monoisotopic (exact) mass is 460 g/mol. The molecule has 2 heterocycles. The number of aliphatic hydroxyl groups is 1. The Morgan fingerprint density at radius 1 is 1.19 bits per heavy atom. The number of carbonyl (C=O) groups excluding carboxylic acids is 1. The normalized spacial score (nSPS) is 16.1. The lowest BCUT2D eigenvalue weighted by Crippen LogP contribution is -2.22. The Balaban J connectivity index is 1.57. The number of hydrogen-bond acceptors (Lipinski definition) is 6. The maximum atomic E-state index is 12.8. The van der Waals surface area contributed by atoms with Crippen LogP contribution >= 0.6 is 11.6 Å². The number of nitrogens with zero attached hydrogens (tertiary/aromatic N) is 3. The summed E-state index contributed by atoms with van der Waals surface area (Å²) in [5, 5.41) is 12.6. The molecule has 0 bridgehead atoms. The summed E-state index contributed by atoms with van der Waals surface area (Å²) in [5.74, 6) is -0.515. The van der Waals surface area contributed by atoms with E-state index >= 15 is 0 Å². The molecule has 1 fully saturated rings. The molecule has 1 atom stereocenters. The summed E-state index contributed by atoms with van der Waals surface area (Å²) in [4.78, 5) is 23.0. The number of alkyl halides is 3. The largest absolute Gasteiger partial charge is 0.487 e. The standard InChI is InChI=1S/C22H19ClF2N4O3/c23-22(24,25)32-18-4-2-16(3-5-18)28-21(31)14-1-6-20(29-8-7-17(30)12-29)19(9-14)15-10-26-13-27-11-15/h1-6,9-11,13,17,30H,7-8,12H2,(H,28,31). The molecule has 2 N–H and O–H groups in total. The van der Waals surface area contributed by atoms with E-state index in [9.17, 15) is 18.7 Å². The van der Waals surface area contributed by atoms with Gasteiger partial charge < -0.3 is 20.1 Å². The number of benzene rings is 2. The van der Waals surface area contributed by atoms with Crippen molar-refractivity contribution in [3.05, 3.63) is 66.7 Å². The molecule has 10 heteroatoms. The fraction of sp³-hybridized carbons (Fsp3) is 0.227. The molecule has 1 aliphatic heterocycles. The fourth-order valence-corrected chi connectivity index (χ4v) is 3.62. The van der Waals surface area contributed by atoms with Gasteiger partial charge in [-0.25, -0.2) is 9.97 Å². The van der Waals surface area contributed by atoms with Crippen molar-refractivity contribution < 1.29 is 23.4 Å². The van der Waals surface area contributed by atoms with Crippen molar-refractivity contribution >= 4 is 28.9 Å². The Morgan fingerprint density at radius 3 is 2.53 bits per heavy atom. The SMILES string of the molecule is O=C(Nc1ccc(OC(F)(F)Cl)cc1)c1ccc(N2CCC(O)C2)c(-c2cncnc2)c1. The number of ether oxygens (including phenoxy) is 1. The van der Waals surface area contributed by atoms with Crippen molar-refractivity contribution in [2.45, 2.75) is 18.1 Å². The fourth-order valence-electron chi connectivity index (χ4n) is 3.53. The molecule has 32 heavy (non-hydrogen) atoms. The lowest BCUT2D eigenvalue weighted by atomic mass is 10.0. The minimum atomic E-state index is -3.81. The van der Waals surface area contributed by atoms with E-state index in [0.29, 0.717) is 30.8 Å². The summed E-state index contributed by atoms with van der Waals surface area (Å²) in [6, 6.07) is 10.7. The second-order valence-corrected chi connectivity index (χ2v) is 7.71. The van der Waals surface area contributed by atoms with Gasteiger partial charge in [0, 0.05) is 65.1 Å². The summed E-state index contributed by atoms with van der Waals surface area (Å²) in [6.45, 7) is 1.20. The third-order valence-corrected chi connectivity index (χ3v) is 5.06. The van der Waals surface area contributed by atoms with Crippen LogP contribution in [0.4, 0.5) is 20.2 Å². The second kappa shape index (κ2) is 9.05. The third kappa shape index (κ3) is 5.30. The van der Waals surface area contributed by atoms with Crippen molar-refractivity contribution in [3.63, 3.8) is 0 Å². The molecular weight excluding hydrogens is 442 g/mol. The van der Waals surface area contributed by atoms with Crippen LogP contribution in [0, 0.1) is 0 Å². The van der Waals surface area contributed by atoms with Gasteiger partial charge in [-0.3, -0.25) is 4.79 Å². The molecule has 166 valence electrons. The third-order valence-electron chi connectivity index (χ3n) is 4.98. The molecule has 2 aromatic carbocycles. The molecule has 0 saturated carbocycles. The van der Waals surface area contributed by atoms with Crippen molar-refractivity contribution in [1.82, 2.24) is 9.97 Å². The Kier molecular flexibility index (Phi) is 6.20. The van der Waals surface area contributed by atoms with E-state index in [-0.39, 0.29) is 11.7 Å². The smallest absolute Gasteiger partial charge is 0.420 e. The van der Waals surface area contributed by atoms with Crippen molar-refractivity contribution in [2.75, 3.05) is 23.3 Å². The maximum absolute atomic E-state index is 12.8. The lowest BCUT2D eigenvalue weighted by Gasteiger charge is -2.22. The van der Waals surface area contributed by atoms with Crippen LogP contribution in [0.1, 0.15) is 16.8 Å². The van der Waals surface area contributed by atoms with Crippen LogP contribution in [-0.4, -0.2) is 45.7 Å². The molecule has 1 unspecified atom stereocenters. The first-order chi connectivity index (χ1) is 15.3. The highest BCUT2D eigenvalue weighted by molar-refractivity contribution is 6.20. The molecule has 1 aromatic heterocycles. The average Bonchev–Trinajstić information content (AvgIpc) is 3.20. The number of aliphatic hydroxyl groups excluding tert-OH is 1. The van der Waals surface area contributed by atoms with Crippen molar-refractivity contribution in [2.24, 2.45) is 0 Å². The molecule has 1 aliphatic rings. The quantitative estimate of drug-likeness (QED) is 0.538. The second-order valence-electron chi connectivity index (χ2n) is 7.27.